The van der Waals surface area contributed by atoms with Gasteiger partial charge in [-0.1, -0.05) is 38.1 Å². The van der Waals surface area contributed by atoms with Crippen LogP contribution < -0.4 is 5.32 Å². The van der Waals surface area contributed by atoms with Crippen LogP contribution in [0, 0.1) is 0 Å². The number of nitrogens with one attached hydrogen (secondary N) is 1. The highest BCUT2D eigenvalue weighted by Gasteiger charge is 2.08. The molecule has 0 saturated heterocycles. The lowest BCUT2D eigenvalue weighted by atomic mass is 10.0. The number of benzene rings is 2. The number of rotatable bonds is 5. The lowest BCUT2D eigenvalue weighted by Crippen LogP contribution is -2.12. The Labute approximate surface area is 129 Å². The van der Waals surface area contributed by atoms with E-state index in [2.05, 4.69) is 19.2 Å². The van der Waals surface area contributed by atoms with Gasteiger partial charge in [-0.3, -0.25) is 9.59 Å². The minimum atomic E-state index is -0.915. The van der Waals surface area contributed by atoms with Gasteiger partial charge in [0, 0.05) is 11.3 Å². The van der Waals surface area contributed by atoms with E-state index >= 15 is 0 Å². The van der Waals surface area contributed by atoms with E-state index in [9.17, 15) is 9.59 Å². The lowest BCUT2D eigenvalue weighted by Gasteiger charge is -2.09. The summed E-state index contributed by atoms with van der Waals surface area (Å²) in [4.78, 5) is 22.9. The molecule has 0 aromatic heterocycles. The van der Waals surface area contributed by atoms with E-state index in [1.165, 1.54) is 5.56 Å². The van der Waals surface area contributed by atoms with Gasteiger partial charge < -0.3 is 10.4 Å². The van der Waals surface area contributed by atoms with Crippen LogP contribution >= 0.6 is 0 Å². The van der Waals surface area contributed by atoms with Gasteiger partial charge in [0.1, 0.15) is 0 Å². The van der Waals surface area contributed by atoms with E-state index in [0.717, 1.165) is 5.69 Å². The molecule has 0 aliphatic carbocycles. The van der Waals surface area contributed by atoms with Gasteiger partial charge in [0.15, 0.2) is 0 Å². The van der Waals surface area contributed by atoms with Crippen LogP contribution in [0.5, 0.6) is 0 Å². The molecule has 2 aromatic carbocycles. The molecule has 0 unspecified atom stereocenters. The Kier molecular flexibility index (Phi) is 4.94. The standard InChI is InChI=1S/C18H19NO3/c1-12(2)14-6-8-16(9-7-14)19-18(22)15-5-3-4-13(10-15)11-17(20)21/h3-10,12H,11H2,1-2H3,(H,19,22)(H,20,21). The van der Waals surface area contributed by atoms with Crippen molar-refractivity contribution in [3.63, 3.8) is 0 Å². The summed E-state index contributed by atoms with van der Waals surface area (Å²) in [6.45, 7) is 4.23. The number of anilines is 1. The average Bonchev–Trinajstić information content (AvgIpc) is 2.47. The predicted molar refractivity (Wildman–Crippen MR) is 86.3 cm³/mol. The first kappa shape index (κ1) is 15.8. The van der Waals surface area contributed by atoms with Crippen molar-refractivity contribution in [1.82, 2.24) is 0 Å². The topological polar surface area (TPSA) is 66.4 Å². The SMILES string of the molecule is CC(C)c1ccc(NC(=O)c2cccc(CC(=O)O)c2)cc1. The maximum absolute atomic E-state index is 12.2. The highest BCUT2D eigenvalue weighted by molar-refractivity contribution is 6.04. The minimum Gasteiger partial charge on any atom is -0.481 e. The van der Waals surface area contributed by atoms with Gasteiger partial charge in [-0.15, -0.1) is 0 Å². The van der Waals surface area contributed by atoms with Crippen LogP contribution in [0.25, 0.3) is 0 Å². The van der Waals surface area contributed by atoms with E-state index in [1.54, 1.807) is 24.3 Å². The first-order valence-corrected chi connectivity index (χ1v) is 7.18. The number of amides is 1. The van der Waals surface area contributed by atoms with Crippen LogP contribution in [0.2, 0.25) is 0 Å². The van der Waals surface area contributed by atoms with Crippen LogP contribution in [0.1, 0.15) is 41.3 Å². The van der Waals surface area contributed by atoms with Crippen LogP contribution in [-0.4, -0.2) is 17.0 Å². The number of hydrogen-bond donors (Lipinski definition) is 2. The number of hydrogen-bond acceptors (Lipinski definition) is 2. The number of aliphatic carboxylic acids is 1. The highest BCUT2D eigenvalue weighted by Crippen LogP contribution is 2.18. The molecule has 4 nitrogen and oxygen atoms in total. The molecule has 0 spiro atoms. The van der Waals surface area contributed by atoms with Crippen molar-refractivity contribution in [2.24, 2.45) is 0 Å². The molecule has 0 heterocycles. The fraction of sp³-hybridized carbons (Fsp3) is 0.222. The van der Waals surface area contributed by atoms with Gasteiger partial charge >= 0.3 is 5.97 Å². The summed E-state index contributed by atoms with van der Waals surface area (Å²) in [6, 6.07) is 14.4. The fourth-order valence-corrected chi connectivity index (χ4v) is 2.15. The Hall–Kier alpha value is -2.62. The molecule has 114 valence electrons. The van der Waals surface area contributed by atoms with Crippen LogP contribution in [-0.2, 0) is 11.2 Å². The fourth-order valence-electron chi connectivity index (χ4n) is 2.15. The number of carbonyl (C=O) groups excluding carboxylic acids is 1. The molecule has 1 amide bonds. The highest BCUT2D eigenvalue weighted by atomic mass is 16.4. The smallest absolute Gasteiger partial charge is 0.307 e. The van der Waals surface area contributed by atoms with Crippen molar-refractivity contribution < 1.29 is 14.7 Å². The van der Waals surface area contributed by atoms with E-state index < -0.39 is 5.97 Å². The first-order chi connectivity index (χ1) is 10.5. The van der Waals surface area contributed by atoms with Crippen molar-refractivity contribution in [2.45, 2.75) is 26.2 Å². The molecular weight excluding hydrogens is 278 g/mol. The zero-order valence-electron chi connectivity index (χ0n) is 12.7. The van der Waals surface area contributed by atoms with Gasteiger partial charge in [0.25, 0.3) is 5.91 Å². The molecule has 2 N–H and O–H groups in total. The zero-order valence-corrected chi connectivity index (χ0v) is 12.7. The molecule has 0 bridgehead atoms. The molecule has 0 atom stereocenters. The molecular formula is C18H19NO3. The Balaban J connectivity index is 2.10. The third-order valence-electron chi connectivity index (χ3n) is 3.38. The molecule has 4 heteroatoms. The Morgan fingerprint density at radius 2 is 1.77 bits per heavy atom. The second-order valence-corrected chi connectivity index (χ2v) is 5.50. The van der Waals surface area contributed by atoms with Gasteiger partial charge in [-0.25, -0.2) is 0 Å². The molecule has 0 fully saturated rings. The third-order valence-corrected chi connectivity index (χ3v) is 3.38. The average molecular weight is 297 g/mol. The van der Waals surface area contributed by atoms with Gasteiger partial charge in [-0.05, 0) is 41.3 Å². The second-order valence-electron chi connectivity index (χ2n) is 5.50. The third kappa shape index (κ3) is 4.19. The lowest BCUT2D eigenvalue weighted by molar-refractivity contribution is -0.136. The maximum Gasteiger partial charge on any atom is 0.307 e. The first-order valence-electron chi connectivity index (χ1n) is 7.18. The van der Waals surface area contributed by atoms with E-state index in [-0.39, 0.29) is 12.3 Å². The molecule has 22 heavy (non-hydrogen) atoms. The van der Waals surface area contributed by atoms with Crippen molar-refractivity contribution in [1.29, 1.82) is 0 Å². The monoisotopic (exact) mass is 297 g/mol. The van der Waals surface area contributed by atoms with Crippen LogP contribution in [0.4, 0.5) is 5.69 Å². The molecule has 0 aliphatic rings. The second kappa shape index (κ2) is 6.89. The van der Waals surface area contributed by atoms with Crippen molar-refractivity contribution >= 4 is 17.6 Å². The summed E-state index contributed by atoms with van der Waals surface area (Å²) in [5.74, 6) is -0.719. The number of carbonyl (C=O) groups is 2. The normalized spacial score (nSPS) is 10.5. The summed E-state index contributed by atoms with van der Waals surface area (Å²) in [5.41, 5.74) is 2.99. The Morgan fingerprint density at radius 3 is 2.36 bits per heavy atom. The van der Waals surface area contributed by atoms with Crippen molar-refractivity contribution in [3.8, 4) is 0 Å². The number of carboxylic acid groups (broad SMARTS) is 1. The largest absolute Gasteiger partial charge is 0.481 e. The minimum absolute atomic E-state index is 0.0931. The van der Waals surface area contributed by atoms with Crippen molar-refractivity contribution in [2.75, 3.05) is 5.32 Å². The van der Waals surface area contributed by atoms with Gasteiger partial charge in [0.2, 0.25) is 0 Å². The molecule has 2 rings (SSSR count). The summed E-state index contributed by atoms with van der Waals surface area (Å²) in [5, 5.41) is 11.6. The zero-order chi connectivity index (χ0) is 16.1. The van der Waals surface area contributed by atoms with E-state index in [0.29, 0.717) is 17.0 Å². The van der Waals surface area contributed by atoms with Crippen LogP contribution in [0.3, 0.4) is 0 Å². The molecule has 0 saturated carbocycles. The van der Waals surface area contributed by atoms with Crippen molar-refractivity contribution in [3.05, 3.63) is 65.2 Å². The number of carboxylic acids is 1. The Morgan fingerprint density at radius 1 is 1.09 bits per heavy atom. The summed E-state index contributed by atoms with van der Waals surface area (Å²) in [7, 11) is 0. The van der Waals surface area contributed by atoms with E-state index in [4.69, 9.17) is 5.11 Å². The molecule has 0 radical (unpaired) electrons. The maximum atomic E-state index is 12.2. The Bertz CT molecular complexity index is 675. The summed E-state index contributed by atoms with van der Waals surface area (Å²) in [6.07, 6.45) is -0.0931. The van der Waals surface area contributed by atoms with E-state index in [1.807, 2.05) is 24.3 Å². The summed E-state index contributed by atoms with van der Waals surface area (Å²) >= 11 is 0. The predicted octanol–water partition coefficient (Wildman–Crippen LogP) is 3.69. The van der Waals surface area contributed by atoms with Gasteiger partial charge in [0.05, 0.1) is 6.42 Å². The van der Waals surface area contributed by atoms with Crippen LogP contribution in [0.15, 0.2) is 48.5 Å². The summed E-state index contributed by atoms with van der Waals surface area (Å²) < 4.78 is 0. The quantitative estimate of drug-likeness (QED) is 0.884. The van der Waals surface area contributed by atoms with Gasteiger partial charge in [-0.2, -0.15) is 0 Å². The molecule has 2 aromatic rings. The molecule has 0 aliphatic heterocycles.